The molecule has 23 heavy (non-hydrogen) atoms. The number of piperidine rings is 1. The molecule has 126 valence electrons. The largest absolute Gasteiger partial charge is 0.497 e. The predicted octanol–water partition coefficient (Wildman–Crippen LogP) is 2.84. The Balaban J connectivity index is 2.12. The quantitative estimate of drug-likeness (QED) is 0.783. The number of carbonyl (C=O) groups is 2. The standard InChI is InChI=1S/C18H25NO4/c1-13-5-3-4-10-19(13)12-15(11-17(20)21)18(22)14-6-8-16(23-2)9-7-14/h6-9,13,15H,3-5,10-12H2,1-2H3,(H,20,21). The molecular formula is C18H25NO4. The van der Waals surface area contributed by atoms with Crippen LogP contribution in [0.25, 0.3) is 0 Å². The first kappa shape index (κ1) is 17.5. The summed E-state index contributed by atoms with van der Waals surface area (Å²) in [6.45, 7) is 3.60. The summed E-state index contributed by atoms with van der Waals surface area (Å²) in [6.07, 6.45) is 3.29. The van der Waals surface area contributed by atoms with Crippen LogP contribution in [0.5, 0.6) is 5.75 Å². The molecule has 1 heterocycles. The number of nitrogens with zero attached hydrogens (tertiary/aromatic N) is 1. The highest BCUT2D eigenvalue weighted by Crippen LogP contribution is 2.22. The van der Waals surface area contributed by atoms with E-state index in [1.807, 2.05) is 0 Å². The van der Waals surface area contributed by atoms with E-state index in [1.54, 1.807) is 31.4 Å². The Morgan fingerprint density at radius 2 is 2.00 bits per heavy atom. The summed E-state index contributed by atoms with van der Waals surface area (Å²) in [4.78, 5) is 26.2. The van der Waals surface area contributed by atoms with Gasteiger partial charge in [-0.15, -0.1) is 0 Å². The van der Waals surface area contributed by atoms with E-state index < -0.39 is 11.9 Å². The lowest BCUT2D eigenvalue weighted by Crippen LogP contribution is -2.42. The number of likely N-dealkylation sites (tertiary alicyclic amines) is 1. The second-order valence-electron chi connectivity index (χ2n) is 6.23. The van der Waals surface area contributed by atoms with E-state index in [0.29, 0.717) is 23.9 Å². The van der Waals surface area contributed by atoms with Gasteiger partial charge in [-0.05, 0) is 50.6 Å². The SMILES string of the molecule is COc1ccc(C(=O)C(CC(=O)O)CN2CCCCC2C)cc1. The minimum atomic E-state index is -0.929. The van der Waals surface area contributed by atoms with Crippen LogP contribution in [-0.4, -0.2) is 48.0 Å². The highest BCUT2D eigenvalue weighted by molar-refractivity contribution is 5.99. The maximum absolute atomic E-state index is 12.7. The third kappa shape index (κ3) is 4.79. The van der Waals surface area contributed by atoms with Gasteiger partial charge in [0.1, 0.15) is 5.75 Å². The van der Waals surface area contributed by atoms with Gasteiger partial charge < -0.3 is 9.84 Å². The number of benzene rings is 1. The van der Waals surface area contributed by atoms with Crippen LogP contribution in [0, 0.1) is 5.92 Å². The van der Waals surface area contributed by atoms with E-state index in [1.165, 1.54) is 6.42 Å². The molecule has 5 heteroatoms. The lowest BCUT2D eigenvalue weighted by Gasteiger charge is -2.35. The van der Waals surface area contributed by atoms with Crippen molar-refractivity contribution in [1.29, 1.82) is 0 Å². The zero-order chi connectivity index (χ0) is 16.8. The first-order valence-electron chi connectivity index (χ1n) is 8.15. The number of carbonyl (C=O) groups excluding carboxylic acids is 1. The van der Waals surface area contributed by atoms with Gasteiger partial charge in [-0.3, -0.25) is 14.5 Å². The van der Waals surface area contributed by atoms with E-state index >= 15 is 0 Å². The molecule has 1 fully saturated rings. The Labute approximate surface area is 137 Å². The van der Waals surface area contributed by atoms with Crippen LogP contribution in [0.1, 0.15) is 43.0 Å². The van der Waals surface area contributed by atoms with Crippen LogP contribution in [0.4, 0.5) is 0 Å². The summed E-state index contributed by atoms with van der Waals surface area (Å²) in [5.74, 6) is -0.864. The van der Waals surface area contributed by atoms with Crippen molar-refractivity contribution in [2.45, 2.75) is 38.6 Å². The van der Waals surface area contributed by atoms with Crippen molar-refractivity contribution in [1.82, 2.24) is 4.90 Å². The average Bonchev–Trinajstić information content (AvgIpc) is 2.55. The Bertz CT molecular complexity index is 540. The molecule has 0 aliphatic carbocycles. The molecule has 0 radical (unpaired) electrons. The molecule has 0 spiro atoms. The number of ether oxygens (including phenoxy) is 1. The number of Topliss-reactive ketones (excluding diaryl/α,β-unsaturated/α-hetero) is 1. The first-order valence-corrected chi connectivity index (χ1v) is 8.15. The average molecular weight is 319 g/mol. The lowest BCUT2D eigenvalue weighted by molar-refractivity contribution is -0.138. The Kier molecular flexibility index (Phi) is 6.16. The molecule has 2 unspecified atom stereocenters. The molecule has 1 aliphatic heterocycles. The van der Waals surface area contributed by atoms with Crippen LogP contribution in [0.3, 0.4) is 0 Å². The third-order valence-corrected chi connectivity index (χ3v) is 4.56. The molecule has 0 saturated carbocycles. The number of carboxylic acid groups (broad SMARTS) is 1. The fourth-order valence-electron chi connectivity index (χ4n) is 3.15. The van der Waals surface area contributed by atoms with Crippen molar-refractivity contribution in [3.63, 3.8) is 0 Å². The number of ketones is 1. The van der Waals surface area contributed by atoms with Crippen molar-refractivity contribution in [2.75, 3.05) is 20.2 Å². The van der Waals surface area contributed by atoms with Gasteiger partial charge >= 0.3 is 5.97 Å². The highest BCUT2D eigenvalue weighted by Gasteiger charge is 2.28. The number of rotatable bonds is 7. The number of carboxylic acids is 1. The van der Waals surface area contributed by atoms with Gasteiger partial charge in [0.05, 0.1) is 13.5 Å². The number of hydrogen-bond donors (Lipinski definition) is 1. The molecule has 2 atom stereocenters. The molecule has 0 amide bonds. The Morgan fingerprint density at radius 1 is 1.30 bits per heavy atom. The zero-order valence-corrected chi connectivity index (χ0v) is 13.8. The maximum Gasteiger partial charge on any atom is 0.304 e. The topological polar surface area (TPSA) is 66.8 Å². The fourth-order valence-corrected chi connectivity index (χ4v) is 3.15. The van der Waals surface area contributed by atoms with Crippen molar-refractivity contribution in [3.05, 3.63) is 29.8 Å². The molecule has 1 N–H and O–H groups in total. The van der Waals surface area contributed by atoms with E-state index in [4.69, 9.17) is 9.84 Å². The number of methoxy groups -OCH3 is 1. The van der Waals surface area contributed by atoms with Crippen LogP contribution >= 0.6 is 0 Å². The van der Waals surface area contributed by atoms with E-state index in [-0.39, 0.29) is 12.2 Å². The summed E-state index contributed by atoms with van der Waals surface area (Å²) >= 11 is 0. The van der Waals surface area contributed by atoms with Gasteiger partial charge in [-0.25, -0.2) is 0 Å². The minimum Gasteiger partial charge on any atom is -0.497 e. The Morgan fingerprint density at radius 3 is 2.57 bits per heavy atom. The summed E-state index contributed by atoms with van der Waals surface area (Å²) in [5.41, 5.74) is 0.543. The van der Waals surface area contributed by atoms with Gasteiger partial charge in [0.15, 0.2) is 5.78 Å². The minimum absolute atomic E-state index is 0.104. The van der Waals surface area contributed by atoms with Crippen molar-refractivity contribution in [2.24, 2.45) is 5.92 Å². The molecule has 0 bridgehead atoms. The van der Waals surface area contributed by atoms with Crippen molar-refractivity contribution in [3.8, 4) is 5.75 Å². The summed E-state index contributed by atoms with van der Waals surface area (Å²) < 4.78 is 5.10. The van der Waals surface area contributed by atoms with Crippen molar-refractivity contribution < 1.29 is 19.4 Å². The molecule has 1 saturated heterocycles. The van der Waals surface area contributed by atoms with Crippen LogP contribution in [-0.2, 0) is 4.79 Å². The normalized spacial score (nSPS) is 20.0. The summed E-state index contributed by atoms with van der Waals surface area (Å²) in [6, 6.07) is 7.28. The second kappa shape index (κ2) is 8.11. The van der Waals surface area contributed by atoms with Crippen LogP contribution < -0.4 is 4.74 Å². The van der Waals surface area contributed by atoms with E-state index in [0.717, 1.165) is 19.4 Å². The summed E-state index contributed by atoms with van der Waals surface area (Å²) in [5, 5.41) is 9.17. The zero-order valence-electron chi connectivity index (χ0n) is 13.8. The number of aliphatic carboxylic acids is 1. The van der Waals surface area contributed by atoms with E-state index in [2.05, 4.69) is 11.8 Å². The third-order valence-electron chi connectivity index (χ3n) is 4.56. The molecule has 1 aromatic rings. The monoisotopic (exact) mass is 319 g/mol. The van der Waals surface area contributed by atoms with Gasteiger partial charge in [-0.2, -0.15) is 0 Å². The maximum atomic E-state index is 12.7. The number of hydrogen-bond acceptors (Lipinski definition) is 4. The van der Waals surface area contributed by atoms with Crippen molar-refractivity contribution >= 4 is 11.8 Å². The van der Waals surface area contributed by atoms with E-state index in [9.17, 15) is 9.59 Å². The highest BCUT2D eigenvalue weighted by atomic mass is 16.5. The van der Waals surface area contributed by atoms with Crippen LogP contribution in [0.15, 0.2) is 24.3 Å². The molecule has 2 rings (SSSR count). The molecular weight excluding hydrogens is 294 g/mol. The molecule has 0 aromatic heterocycles. The molecule has 1 aromatic carbocycles. The van der Waals surface area contributed by atoms with Gasteiger partial charge in [0, 0.05) is 24.1 Å². The van der Waals surface area contributed by atoms with Gasteiger partial charge in [0.25, 0.3) is 0 Å². The first-order chi connectivity index (χ1) is 11.0. The Hall–Kier alpha value is -1.88. The van der Waals surface area contributed by atoms with Gasteiger partial charge in [-0.1, -0.05) is 6.42 Å². The fraction of sp³-hybridized carbons (Fsp3) is 0.556. The smallest absolute Gasteiger partial charge is 0.304 e. The predicted molar refractivity (Wildman–Crippen MR) is 88.0 cm³/mol. The van der Waals surface area contributed by atoms with Crippen LogP contribution in [0.2, 0.25) is 0 Å². The summed E-state index contributed by atoms with van der Waals surface area (Å²) in [7, 11) is 1.57. The molecule has 1 aliphatic rings. The van der Waals surface area contributed by atoms with Gasteiger partial charge in [0.2, 0.25) is 0 Å². The molecule has 5 nitrogen and oxygen atoms in total. The second-order valence-corrected chi connectivity index (χ2v) is 6.23. The lowest BCUT2D eigenvalue weighted by atomic mass is 9.92.